The Morgan fingerprint density at radius 2 is 2.00 bits per heavy atom. The Kier molecular flexibility index (Phi) is 5.07. The van der Waals surface area contributed by atoms with Gasteiger partial charge in [-0.3, -0.25) is 18.7 Å². The average Bonchev–Trinajstić information content (AvgIpc) is 3.14. The number of rotatable bonds is 6. The Balaban J connectivity index is 1.60. The second-order valence-electron chi connectivity index (χ2n) is 5.81. The van der Waals surface area contributed by atoms with Crippen molar-refractivity contribution in [3.63, 3.8) is 0 Å². The van der Waals surface area contributed by atoms with Crippen molar-refractivity contribution in [1.82, 2.24) is 29.2 Å². The van der Waals surface area contributed by atoms with Crippen LogP contribution in [0, 0.1) is 0 Å². The molecule has 1 aromatic carbocycles. The van der Waals surface area contributed by atoms with Gasteiger partial charge in [0.2, 0.25) is 5.91 Å². The molecule has 1 amide bonds. The molecule has 0 saturated heterocycles. The Morgan fingerprint density at radius 1 is 1.19 bits per heavy atom. The Hall–Kier alpha value is -3.49. The van der Waals surface area contributed by atoms with Gasteiger partial charge in [0.25, 0.3) is 5.56 Å². The number of nitrogens with zero attached hydrogens (tertiary/aromatic N) is 5. The van der Waals surface area contributed by atoms with Gasteiger partial charge < -0.3 is 5.32 Å². The van der Waals surface area contributed by atoms with E-state index in [2.05, 4.69) is 15.4 Å². The number of hydrogen-bond donors (Lipinski definition) is 1. The van der Waals surface area contributed by atoms with Crippen molar-refractivity contribution in [3.8, 4) is 0 Å². The normalized spacial score (nSPS) is 10.7. The molecule has 26 heavy (non-hydrogen) atoms. The fraction of sp³-hybridized carbons (Fsp3) is 0.235. The van der Waals surface area contributed by atoms with Crippen molar-refractivity contribution in [1.29, 1.82) is 0 Å². The van der Waals surface area contributed by atoms with Gasteiger partial charge in [0.1, 0.15) is 19.2 Å². The smallest absolute Gasteiger partial charge is 0.331 e. The Bertz CT molecular complexity index is 1020. The average molecular weight is 354 g/mol. The largest absolute Gasteiger partial charge is 0.350 e. The summed E-state index contributed by atoms with van der Waals surface area (Å²) in [5.41, 5.74) is 1.04. The zero-order valence-electron chi connectivity index (χ0n) is 14.2. The lowest BCUT2D eigenvalue weighted by molar-refractivity contribution is -0.121. The van der Waals surface area contributed by atoms with Crippen molar-refractivity contribution in [2.45, 2.75) is 19.6 Å². The third-order valence-electron chi connectivity index (χ3n) is 3.87. The first-order chi connectivity index (χ1) is 12.5. The van der Waals surface area contributed by atoms with Crippen LogP contribution >= 0.6 is 0 Å². The van der Waals surface area contributed by atoms with Crippen LogP contribution in [0.1, 0.15) is 11.1 Å². The van der Waals surface area contributed by atoms with Gasteiger partial charge >= 0.3 is 5.69 Å². The molecule has 0 bridgehead atoms. The standard InChI is InChI=1S/C17H18N6O3/c1-21-16(25)5-6-22(17(21)26)10-15(24)19-8-13-3-2-4-14(7-13)9-23-12-18-11-20-23/h2-7,11-12H,8-10H2,1H3,(H,19,24). The molecule has 0 spiro atoms. The lowest BCUT2D eigenvalue weighted by Gasteiger charge is -2.09. The van der Waals surface area contributed by atoms with E-state index < -0.39 is 11.2 Å². The van der Waals surface area contributed by atoms with Crippen molar-refractivity contribution in [2.75, 3.05) is 0 Å². The number of nitrogens with one attached hydrogen (secondary N) is 1. The molecule has 134 valence electrons. The predicted molar refractivity (Wildman–Crippen MR) is 93.4 cm³/mol. The fourth-order valence-electron chi connectivity index (χ4n) is 2.49. The van der Waals surface area contributed by atoms with Crippen LogP contribution in [-0.4, -0.2) is 29.8 Å². The molecule has 3 rings (SSSR count). The maximum absolute atomic E-state index is 12.1. The molecule has 0 aliphatic carbocycles. The molecule has 2 aromatic heterocycles. The van der Waals surface area contributed by atoms with Crippen molar-refractivity contribution in [2.24, 2.45) is 7.05 Å². The lowest BCUT2D eigenvalue weighted by atomic mass is 10.1. The first kappa shape index (κ1) is 17.3. The maximum atomic E-state index is 12.1. The zero-order valence-corrected chi connectivity index (χ0v) is 14.2. The summed E-state index contributed by atoms with van der Waals surface area (Å²) in [5, 5.41) is 6.84. The second kappa shape index (κ2) is 7.60. The highest BCUT2D eigenvalue weighted by Gasteiger charge is 2.07. The molecule has 1 N–H and O–H groups in total. The summed E-state index contributed by atoms with van der Waals surface area (Å²) >= 11 is 0. The van der Waals surface area contributed by atoms with Gasteiger partial charge in [0, 0.05) is 25.9 Å². The molecule has 0 aliphatic heterocycles. The molecule has 0 radical (unpaired) electrons. The zero-order chi connectivity index (χ0) is 18.5. The van der Waals surface area contributed by atoms with Gasteiger partial charge in [0.15, 0.2) is 0 Å². The monoisotopic (exact) mass is 354 g/mol. The molecule has 0 saturated carbocycles. The highest BCUT2D eigenvalue weighted by Crippen LogP contribution is 2.06. The summed E-state index contributed by atoms with van der Waals surface area (Å²) < 4.78 is 3.86. The highest BCUT2D eigenvalue weighted by atomic mass is 16.2. The summed E-state index contributed by atoms with van der Waals surface area (Å²) in [4.78, 5) is 39.3. The number of hydrogen-bond acceptors (Lipinski definition) is 5. The van der Waals surface area contributed by atoms with E-state index in [4.69, 9.17) is 0 Å². The van der Waals surface area contributed by atoms with Gasteiger partial charge in [-0.05, 0) is 11.1 Å². The minimum absolute atomic E-state index is 0.147. The molecule has 9 nitrogen and oxygen atoms in total. The first-order valence-electron chi connectivity index (χ1n) is 7.96. The van der Waals surface area contributed by atoms with Crippen LogP contribution in [0.25, 0.3) is 0 Å². The van der Waals surface area contributed by atoms with Crippen LogP contribution in [0.4, 0.5) is 0 Å². The third-order valence-corrected chi connectivity index (χ3v) is 3.87. The van der Waals surface area contributed by atoms with Crippen LogP contribution < -0.4 is 16.6 Å². The van der Waals surface area contributed by atoms with E-state index >= 15 is 0 Å². The van der Waals surface area contributed by atoms with E-state index in [1.54, 1.807) is 11.0 Å². The van der Waals surface area contributed by atoms with Gasteiger partial charge in [0.05, 0.1) is 6.54 Å². The fourth-order valence-corrected chi connectivity index (χ4v) is 2.49. The number of benzene rings is 1. The molecule has 0 atom stereocenters. The summed E-state index contributed by atoms with van der Waals surface area (Å²) in [6.45, 7) is 0.783. The topological polar surface area (TPSA) is 104 Å². The molecule has 9 heteroatoms. The summed E-state index contributed by atoms with van der Waals surface area (Å²) in [7, 11) is 1.37. The minimum atomic E-state index is -0.525. The Morgan fingerprint density at radius 3 is 2.77 bits per heavy atom. The van der Waals surface area contributed by atoms with E-state index in [0.717, 1.165) is 15.7 Å². The van der Waals surface area contributed by atoms with E-state index in [1.807, 2.05) is 24.3 Å². The van der Waals surface area contributed by atoms with Gasteiger partial charge in [-0.15, -0.1) is 0 Å². The SMILES string of the molecule is Cn1c(=O)ccn(CC(=O)NCc2cccc(Cn3cncn3)c2)c1=O. The van der Waals surface area contributed by atoms with Gasteiger partial charge in [-0.25, -0.2) is 14.5 Å². The molecular formula is C17H18N6O3. The summed E-state index contributed by atoms with van der Waals surface area (Å²) in [6, 6.07) is 9.01. The van der Waals surface area contributed by atoms with E-state index in [-0.39, 0.29) is 12.5 Å². The molecule has 3 aromatic rings. The van der Waals surface area contributed by atoms with Crippen LogP contribution in [-0.2, 0) is 31.5 Å². The minimum Gasteiger partial charge on any atom is -0.350 e. The lowest BCUT2D eigenvalue weighted by Crippen LogP contribution is -2.40. The van der Waals surface area contributed by atoms with Gasteiger partial charge in [-0.2, -0.15) is 5.10 Å². The van der Waals surface area contributed by atoms with E-state index in [1.165, 1.54) is 30.2 Å². The van der Waals surface area contributed by atoms with E-state index in [9.17, 15) is 14.4 Å². The van der Waals surface area contributed by atoms with Crippen molar-refractivity contribution < 1.29 is 4.79 Å². The number of carbonyl (C=O) groups is 1. The quantitative estimate of drug-likeness (QED) is 0.643. The van der Waals surface area contributed by atoms with Crippen LogP contribution in [0.3, 0.4) is 0 Å². The molecular weight excluding hydrogens is 336 g/mol. The molecule has 2 heterocycles. The van der Waals surface area contributed by atoms with E-state index in [0.29, 0.717) is 13.1 Å². The van der Waals surface area contributed by atoms with Gasteiger partial charge in [-0.1, -0.05) is 24.3 Å². The summed E-state index contributed by atoms with van der Waals surface area (Å²) in [5.74, 6) is -0.313. The van der Waals surface area contributed by atoms with Crippen molar-refractivity contribution >= 4 is 5.91 Å². The maximum Gasteiger partial charge on any atom is 0.331 e. The van der Waals surface area contributed by atoms with Crippen LogP contribution in [0.15, 0.2) is 58.8 Å². The Labute approximate surface area is 148 Å². The second-order valence-corrected chi connectivity index (χ2v) is 5.81. The number of aromatic nitrogens is 5. The molecule has 0 unspecified atom stereocenters. The van der Waals surface area contributed by atoms with Crippen LogP contribution in [0.5, 0.6) is 0 Å². The number of amides is 1. The third kappa shape index (κ3) is 4.12. The molecule has 0 aliphatic rings. The first-order valence-corrected chi connectivity index (χ1v) is 7.96. The summed E-state index contributed by atoms with van der Waals surface area (Å²) in [6.07, 6.45) is 4.44. The molecule has 0 fully saturated rings. The predicted octanol–water partition coefficient (Wildman–Crippen LogP) is -0.497. The van der Waals surface area contributed by atoms with Crippen molar-refractivity contribution in [3.05, 3.63) is 81.1 Å². The number of carbonyl (C=O) groups excluding carboxylic acids is 1. The highest BCUT2D eigenvalue weighted by molar-refractivity contribution is 5.75. The van der Waals surface area contributed by atoms with Crippen LogP contribution in [0.2, 0.25) is 0 Å².